The van der Waals surface area contributed by atoms with Gasteiger partial charge < -0.3 is 14.2 Å². The van der Waals surface area contributed by atoms with Crippen LogP contribution in [0, 0.1) is 11.6 Å². The summed E-state index contributed by atoms with van der Waals surface area (Å²) in [6.45, 7) is 0.0791. The Morgan fingerprint density at radius 2 is 1.36 bits per heavy atom. The molecular weight excluding hydrogens is 452 g/mol. The van der Waals surface area contributed by atoms with Crippen molar-refractivity contribution in [2.75, 3.05) is 6.61 Å². The molecule has 2 aliphatic rings. The van der Waals surface area contributed by atoms with Crippen LogP contribution < -0.4 is 9.47 Å². The molecular formula is C23H13F6NO3. The highest BCUT2D eigenvalue weighted by molar-refractivity contribution is 5.95. The van der Waals surface area contributed by atoms with E-state index in [4.69, 9.17) is 4.74 Å². The van der Waals surface area contributed by atoms with Gasteiger partial charge in [-0.15, -0.1) is 0 Å². The van der Waals surface area contributed by atoms with E-state index in [2.05, 4.69) is 14.5 Å². The molecule has 0 amide bonds. The second-order valence-corrected chi connectivity index (χ2v) is 7.38. The number of nitrogens with zero attached hydrogens (tertiary/aromatic N) is 1. The van der Waals surface area contributed by atoms with Gasteiger partial charge in [-0.2, -0.15) is 17.6 Å². The van der Waals surface area contributed by atoms with Crippen LogP contribution >= 0.6 is 0 Å². The summed E-state index contributed by atoms with van der Waals surface area (Å²) >= 11 is 0. The van der Waals surface area contributed by atoms with Crippen molar-refractivity contribution in [3.63, 3.8) is 0 Å². The maximum absolute atomic E-state index is 14.0. The molecule has 0 spiro atoms. The summed E-state index contributed by atoms with van der Waals surface area (Å²) in [5.41, 5.74) is 1.35. The molecule has 2 aliphatic heterocycles. The Balaban J connectivity index is 1.39. The van der Waals surface area contributed by atoms with Crippen molar-refractivity contribution < 1.29 is 40.6 Å². The van der Waals surface area contributed by atoms with E-state index in [0.29, 0.717) is 16.7 Å². The summed E-state index contributed by atoms with van der Waals surface area (Å²) in [6, 6.07) is 13.4. The van der Waals surface area contributed by atoms with E-state index in [1.807, 2.05) is 0 Å². The first kappa shape index (κ1) is 21.2. The maximum Gasteiger partial charge on any atom is 0.507 e. The fourth-order valence-corrected chi connectivity index (χ4v) is 3.53. The molecule has 5 rings (SSSR count). The molecule has 3 aromatic rings. The molecule has 2 heterocycles. The predicted octanol–water partition coefficient (Wildman–Crippen LogP) is 6.11. The van der Waals surface area contributed by atoms with Gasteiger partial charge in [0.05, 0.1) is 0 Å². The van der Waals surface area contributed by atoms with Crippen LogP contribution in [0.1, 0.15) is 17.2 Å². The molecule has 4 nitrogen and oxygen atoms in total. The van der Waals surface area contributed by atoms with E-state index in [-0.39, 0.29) is 18.1 Å². The molecule has 3 aromatic carbocycles. The SMILES string of the molecule is Fc1cccc(F)c1C1=NC(c2ccc(-c3ccc4c(c3)OC(F)(F)C(F)(F)O4)cc2)CO1. The zero-order valence-corrected chi connectivity index (χ0v) is 16.5. The van der Waals surface area contributed by atoms with E-state index in [9.17, 15) is 26.3 Å². The van der Waals surface area contributed by atoms with Crippen molar-refractivity contribution in [3.05, 3.63) is 83.4 Å². The van der Waals surface area contributed by atoms with Crippen LogP contribution in [-0.4, -0.2) is 24.7 Å². The molecule has 1 atom stereocenters. The highest BCUT2D eigenvalue weighted by atomic mass is 19.3. The Bertz CT molecular complexity index is 1240. The standard InChI is InChI=1S/C23H13F6NO3/c24-15-2-1-3-16(25)20(15)21-30-17(11-31-21)13-6-4-12(5-7-13)14-8-9-18-19(10-14)33-23(28,29)22(26,27)32-18/h1-10,17H,11H2. The molecule has 170 valence electrons. The molecule has 0 N–H and O–H groups in total. The summed E-state index contributed by atoms with van der Waals surface area (Å²) in [4.78, 5) is 4.26. The number of aliphatic imine (C=N–C) groups is 1. The van der Waals surface area contributed by atoms with Crippen molar-refractivity contribution in [2.24, 2.45) is 4.99 Å². The van der Waals surface area contributed by atoms with E-state index in [1.165, 1.54) is 18.2 Å². The van der Waals surface area contributed by atoms with E-state index in [1.54, 1.807) is 24.3 Å². The quantitative estimate of drug-likeness (QED) is 0.439. The van der Waals surface area contributed by atoms with Gasteiger partial charge in [-0.1, -0.05) is 36.4 Å². The zero-order chi connectivity index (χ0) is 23.4. The van der Waals surface area contributed by atoms with Crippen LogP contribution in [0.15, 0.2) is 65.7 Å². The molecule has 0 radical (unpaired) electrons. The van der Waals surface area contributed by atoms with Crippen molar-refractivity contribution in [3.8, 4) is 22.6 Å². The second-order valence-electron chi connectivity index (χ2n) is 7.38. The summed E-state index contributed by atoms with van der Waals surface area (Å²) in [5.74, 6) is -2.72. The van der Waals surface area contributed by atoms with Crippen molar-refractivity contribution in [2.45, 2.75) is 18.3 Å². The summed E-state index contributed by atoms with van der Waals surface area (Å²) in [5, 5.41) is 0. The van der Waals surface area contributed by atoms with Gasteiger partial charge in [-0.25, -0.2) is 13.8 Å². The van der Waals surface area contributed by atoms with Crippen LogP contribution in [0.4, 0.5) is 26.3 Å². The van der Waals surface area contributed by atoms with Gasteiger partial charge in [-0.3, -0.25) is 0 Å². The average molecular weight is 465 g/mol. The smallest absolute Gasteiger partial charge is 0.475 e. The minimum Gasteiger partial charge on any atom is -0.475 e. The maximum atomic E-state index is 14.0. The van der Waals surface area contributed by atoms with Crippen LogP contribution in [0.2, 0.25) is 0 Å². The van der Waals surface area contributed by atoms with Gasteiger partial charge in [0.2, 0.25) is 5.90 Å². The Kier molecular flexibility index (Phi) is 4.77. The fourth-order valence-electron chi connectivity index (χ4n) is 3.53. The largest absolute Gasteiger partial charge is 0.507 e. The van der Waals surface area contributed by atoms with Gasteiger partial charge in [0.1, 0.15) is 29.8 Å². The molecule has 0 aromatic heterocycles. The Labute approximate surface area is 183 Å². The number of benzene rings is 3. The minimum atomic E-state index is -4.81. The second kappa shape index (κ2) is 7.43. The first-order chi connectivity index (χ1) is 15.6. The first-order valence-electron chi connectivity index (χ1n) is 9.68. The average Bonchev–Trinajstić information content (AvgIpc) is 3.23. The van der Waals surface area contributed by atoms with Crippen LogP contribution in [0.25, 0.3) is 11.1 Å². The third kappa shape index (κ3) is 3.65. The molecule has 0 bridgehead atoms. The van der Waals surface area contributed by atoms with Crippen molar-refractivity contribution in [1.29, 1.82) is 0 Å². The Morgan fingerprint density at radius 3 is 2.03 bits per heavy atom. The number of rotatable bonds is 3. The normalized spacial score (nSPS) is 20.2. The minimum absolute atomic E-state index is 0.0791. The number of alkyl halides is 4. The number of hydrogen-bond donors (Lipinski definition) is 0. The van der Waals surface area contributed by atoms with E-state index in [0.717, 1.165) is 18.2 Å². The zero-order valence-electron chi connectivity index (χ0n) is 16.5. The monoisotopic (exact) mass is 465 g/mol. The third-order valence-electron chi connectivity index (χ3n) is 5.22. The van der Waals surface area contributed by atoms with E-state index >= 15 is 0 Å². The Morgan fingerprint density at radius 1 is 0.758 bits per heavy atom. The van der Waals surface area contributed by atoms with Gasteiger partial charge in [-0.05, 0) is 41.0 Å². The summed E-state index contributed by atoms with van der Waals surface area (Å²) < 4.78 is 95.1. The molecule has 0 saturated carbocycles. The van der Waals surface area contributed by atoms with Crippen molar-refractivity contribution >= 4 is 5.90 Å². The number of hydrogen-bond acceptors (Lipinski definition) is 4. The summed E-state index contributed by atoms with van der Waals surface area (Å²) in [7, 11) is 0. The molecule has 33 heavy (non-hydrogen) atoms. The Hall–Kier alpha value is -3.69. The number of fused-ring (bicyclic) bond motifs is 1. The third-order valence-corrected chi connectivity index (χ3v) is 5.22. The summed E-state index contributed by atoms with van der Waals surface area (Å²) in [6.07, 6.45) is -9.59. The van der Waals surface area contributed by atoms with Gasteiger partial charge in [0.15, 0.2) is 11.5 Å². The van der Waals surface area contributed by atoms with Crippen molar-refractivity contribution in [1.82, 2.24) is 0 Å². The lowest BCUT2D eigenvalue weighted by molar-refractivity contribution is -0.391. The highest BCUT2D eigenvalue weighted by Crippen LogP contribution is 2.48. The number of halogens is 6. The predicted molar refractivity (Wildman–Crippen MR) is 105 cm³/mol. The van der Waals surface area contributed by atoms with Gasteiger partial charge in [0.25, 0.3) is 0 Å². The highest BCUT2D eigenvalue weighted by Gasteiger charge is 2.65. The first-order valence-corrected chi connectivity index (χ1v) is 9.68. The van der Waals surface area contributed by atoms with Gasteiger partial charge in [0, 0.05) is 0 Å². The van der Waals surface area contributed by atoms with Crippen LogP contribution in [0.5, 0.6) is 11.5 Å². The lowest BCUT2D eigenvalue weighted by Gasteiger charge is -2.32. The van der Waals surface area contributed by atoms with Crippen LogP contribution in [-0.2, 0) is 4.74 Å². The molecule has 0 saturated heterocycles. The lowest BCUT2D eigenvalue weighted by atomic mass is 10.0. The number of ether oxygens (including phenoxy) is 3. The van der Waals surface area contributed by atoms with E-state index < -0.39 is 41.4 Å². The van der Waals surface area contributed by atoms with Gasteiger partial charge >= 0.3 is 12.2 Å². The van der Waals surface area contributed by atoms with Crippen LogP contribution in [0.3, 0.4) is 0 Å². The molecule has 10 heteroatoms. The fraction of sp³-hybridized carbons (Fsp3) is 0.174. The molecule has 0 fully saturated rings. The topological polar surface area (TPSA) is 40.0 Å². The molecule has 0 aliphatic carbocycles. The lowest BCUT2D eigenvalue weighted by Crippen LogP contribution is -2.52. The molecule has 1 unspecified atom stereocenters.